The van der Waals surface area contributed by atoms with Gasteiger partial charge in [-0.25, -0.2) is 14.2 Å². The van der Waals surface area contributed by atoms with Gasteiger partial charge in [0.1, 0.15) is 23.4 Å². The van der Waals surface area contributed by atoms with E-state index in [-0.39, 0.29) is 53.4 Å². The number of amides is 3. The Kier molecular flexibility index (Phi) is 9.83. The van der Waals surface area contributed by atoms with Crippen molar-refractivity contribution < 1.29 is 37.1 Å². The highest BCUT2D eigenvalue weighted by molar-refractivity contribution is 5.96. The zero-order valence-electron chi connectivity index (χ0n) is 22.9. The van der Waals surface area contributed by atoms with Gasteiger partial charge < -0.3 is 30.2 Å². The number of nitrogens with zero attached hydrogens (tertiary/aromatic N) is 3. The molecule has 2 aromatic heterocycles. The van der Waals surface area contributed by atoms with Crippen molar-refractivity contribution in [2.24, 2.45) is 0 Å². The Labute approximate surface area is 242 Å². The van der Waals surface area contributed by atoms with Crippen LogP contribution in [0.3, 0.4) is 0 Å². The molecule has 3 amide bonds. The predicted molar refractivity (Wildman–Crippen MR) is 148 cm³/mol. The second-order valence-corrected chi connectivity index (χ2v) is 10.1. The van der Waals surface area contributed by atoms with E-state index in [1.807, 2.05) is 0 Å². The molecule has 0 radical (unpaired) electrons. The van der Waals surface area contributed by atoms with Crippen molar-refractivity contribution in [1.29, 1.82) is 0 Å². The summed E-state index contributed by atoms with van der Waals surface area (Å²) in [6.07, 6.45) is -1.03. The highest BCUT2D eigenvalue weighted by Gasteiger charge is 2.27. The Hall–Kier alpha value is -4.69. The number of nitrogens with one attached hydrogen (secondary N) is 3. The minimum Gasteiger partial charge on any atom is -0.465 e. The van der Waals surface area contributed by atoms with E-state index in [0.29, 0.717) is 13.1 Å². The smallest absolute Gasteiger partial charge is 0.405 e. The summed E-state index contributed by atoms with van der Waals surface area (Å²) in [5.74, 6) is -1.51. The zero-order chi connectivity index (χ0) is 31.1. The summed E-state index contributed by atoms with van der Waals surface area (Å²) in [6, 6.07) is 3.64. The number of likely N-dealkylation sites (tertiary alicyclic amines) is 1. The third-order valence-electron chi connectivity index (χ3n) is 6.87. The molecule has 1 atom stereocenters. The summed E-state index contributed by atoms with van der Waals surface area (Å²) in [7, 11) is 0. The van der Waals surface area contributed by atoms with Crippen LogP contribution < -0.4 is 16.2 Å². The molecule has 15 heteroatoms. The number of rotatable bonds is 11. The minimum absolute atomic E-state index is 0.0230. The first-order chi connectivity index (χ1) is 20.4. The van der Waals surface area contributed by atoms with E-state index >= 15 is 0 Å². The fourth-order valence-corrected chi connectivity index (χ4v) is 4.79. The van der Waals surface area contributed by atoms with E-state index < -0.39 is 48.4 Å². The second kappa shape index (κ2) is 13.5. The lowest BCUT2D eigenvalue weighted by Gasteiger charge is -2.16. The number of aromatic nitrogens is 3. The standard InChI is InChI=1S/C28H30F4N6O5/c29-18-14-17(9-10-28(30,31)32)24-21(15-18)33-22(36-24)16-38-13-5-7-20(26(38)41)34-25(40)19(35-27(42)43)6-1-2-8-23(39)37-11-3-4-12-37/h2,5,7-8,13-15,19,35H,1,3-4,6,9-12,16H2,(H,33,36)(H,34,40)(H,42,43). The van der Waals surface area contributed by atoms with Gasteiger partial charge in [0.15, 0.2) is 0 Å². The largest absolute Gasteiger partial charge is 0.465 e. The quantitative estimate of drug-likeness (QED) is 0.192. The monoisotopic (exact) mass is 606 g/mol. The SMILES string of the molecule is O=C(O)NC(CCC=CC(=O)N1CCCC1)C(=O)Nc1cccn(Cc2nc3c(CCC(F)(F)F)cc(F)cc3[nH]2)c1=O. The van der Waals surface area contributed by atoms with Gasteiger partial charge in [-0.05, 0) is 68.0 Å². The second-order valence-electron chi connectivity index (χ2n) is 10.1. The average molecular weight is 607 g/mol. The van der Waals surface area contributed by atoms with Crippen molar-refractivity contribution in [1.82, 2.24) is 24.8 Å². The third-order valence-corrected chi connectivity index (χ3v) is 6.87. The highest BCUT2D eigenvalue weighted by atomic mass is 19.4. The molecule has 1 aromatic carbocycles. The number of halogens is 4. The van der Waals surface area contributed by atoms with E-state index in [4.69, 9.17) is 0 Å². The number of aromatic amines is 1. The number of hydrogen-bond acceptors (Lipinski definition) is 5. The number of carbonyl (C=O) groups excluding carboxylic acids is 2. The highest BCUT2D eigenvalue weighted by Crippen LogP contribution is 2.26. The molecule has 0 aliphatic carbocycles. The Morgan fingerprint density at radius 3 is 2.63 bits per heavy atom. The number of anilines is 1. The van der Waals surface area contributed by atoms with Gasteiger partial charge in [-0.3, -0.25) is 14.4 Å². The van der Waals surface area contributed by atoms with Gasteiger partial charge in [-0.2, -0.15) is 13.2 Å². The Morgan fingerprint density at radius 1 is 1.19 bits per heavy atom. The van der Waals surface area contributed by atoms with E-state index in [1.165, 1.54) is 29.0 Å². The van der Waals surface area contributed by atoms with Crippen molar-refractivity contribution >= 4 is 34.6 Å². The molecule has 0 bridgehead atoms. The first kappa shape index (κ1) is 31.3. The van der Waals surface area contributed by atoms with Crippen LogP contribution in [-0.4, -0.2) is 67.8 Å². The lowest BCUT2D eigenvalue weighted by molar-refractivity contribution is -0.134. The third kappa shape index (κ3) is 8.66. The number of imidazole rings is 1. The Bertz CT molecular complexity index is 1580. The summed E-state index contributed by atoms with van der Waals surface area (Å²) in [5, 5.41) is 13.7. The number of hydrogen-bond donors (Lipinski definition) is 4. The maximum Gasteiger partial charge on any atom is 0.405 e. The molecule has 0 saturated carbocycles. The average Bonchev–Trinajstić information content (AvgIpc) is 3.61. The van der Waals surface area contributed by atoms with Crippen LogP contribution in [0.15, 0.2) is 47.4 Å². The van der Waals surface area contributed by atoms with Crippen LogP contribution in [0, 0.1) is 5.82 Å². The summed E-state index contributed by atoms with van der Waals surface area (Å²) < 4.78 is 53.4. The lowest BCUT2D eigenvalue weighted by atomic mass is 10.1. The molecule has 1 aliphatic heterocycles. The van der Waals surface area contributed by atoms with Gasteiger partial charge in [0.25, 0.3) is 5.56 Å². The summed E-state index contributed by atoms with van der Waals surface area (Å²) >= 11 is 0. The predicted octanol–water partition coefficient (Wildman–Crippen LogP) is 3.94. The topological polar surface area (TPSA) is 149 Å². The van der Waals surface area contributed by atoms with Gasteiger partial charge >= 0.3 is 12.3 Å². The molecule has 1 fully saturated rings. The number of aryl methyl sites for hydroxylation is 1. The summed E-state index contributed by atoms with van der Waals surface area (Å²) in [4.78, 5) is 58.2. The number of alkyl halides is 3. The Morgan fingerprint density at radius 2 is 1.93 bits per heavy atom. The lowest BCUT2D eigenvalue weighted by Crippen LogP contribution is -2.44. The molecule has 1 saturated heterocycles. The molecule has 1 aliphatic rings. The van der Waals surface area contributed by atoms with Crippen LogP contribution in [0.25, 0.3) is 11.0 Å². The molecule has 4 rings (SSSR count). The van der Waals surface area contributed by atoms with Gasteiger partial charge in [0.05, 0.1) is 17.6 Å². The van der Waals surface area contributed by atoms with Crippen molar-refractivity contribution in [3.8, 4) is 0 Å². The van der Waals surface area contributed by atoms with Gasteiger partial charge in [0, 0.05) is 25.7 Å². The molecular formula is C28H30F4N6O5. The Balaban J connectivity index is 1.45. The van der Waals surface area contributed by atoms with Crippen LogP contribution >= 0.6 is 0 Å². The van der Waals surface area contributed by atoms with Gasteiger partial charge in [-0.1, -0.05) is 6.08 Å². The number of fused-ring (bicyclic) bond motifs is 1. The van der Waals surface area contributed by atoms with Crippen molar-refractivity contribution in [2.45, 2.75) is 57.3 Å². The molecule has 3 heterocycles. The van der Waals surface area contributed by atoms with Crippen molar-refractivity contribution in [2.75, 3.05) is 18.4 Å². The maximum atomic E-state index is 14.0. The number of benzene rings is 1. The fraction of sp³-hybridized carbons (Fsp3) is 0.393. The zero-order valence-corrected chi connectivity index (χ0v) is 22.9. The van der Waals surface area contributed by atoms with E-state index in [0.717, 1.165) is 25.0 Å². The first-order valence-corrected chi connectivity index (χ1v) is 13.6. The number of allylic oxidation sites excluding steroid dienone is 1. The number of H-pyrrole nitrogens is 1. The van der Waals surface area contributed by atoms with Crippen LogP contribution in [0.5, 0.6) is 0 Å². The number of carboxylic acid groups (broad SMARTS) is 1. The molecular weight excluding hydrogens is 576 g/mol. The van der Waals surface area contributed by atoms with Gasteiger partial charge in [-0.15, -0.1) is 0 Å². The molecule has 230 valence electrons. The van der Waals surface area contributed by atoms with Crippen LogP contribution in [-0.2, 0) is 22.6 Å². The molecule has 4 N–H and O–H groups in total. The number of pyridine rings is 1. The van der Waals surface area contributed by atoms with Crippen LogP contribution in [0.1, 0.15) is 43.5 Å². The van der Waals surface area contributed by atoms with E-state index in [2.05, 4.69) is 20.6 Å². The molecule has 43 heavy (non-hydrogen) atoms. The van der Waals surface area contributed by atoms with Crippen LogP contribution in [0.4, 0.5) is 28.0 Å². The summed E-state index contributed by atoms with van der Waals surface area (Å²) in [5.41, 5.74) is -0.432. The molecule has 3 aromatic rings. The maximum absolute atomic E-state index is 14.0. The summed E-state index contributed by atoms with van der Waals surface area (Å²) in [6.45, 7) is 1.19. The first-order valence-electron chi connectivity index (χ1n) is 13.6. The van der Waals surface area contributed by atoms with Gasteiger partial charge in [0.2, 0.25) is 11.8 Å². The fourth-order valence-electron chi connectivity index (χ4n) is 4.79. The normalized spacial score (nSPS) is 14.4. The number of carbonyl (C=O) groups is 3. The minimum atomic E-state index is -4.43. The van der Waals surface area contributed by atoms with Crippen molar-refractivity contribution in [3.05, 3.63) is 70.2 Å². The van der Waals surface area contributed by atoms with E-state index in [9.17, 15) is 41.8 Å². The molecule has 0 spiro atoms. The van der Waals surface area contributed by atoms with E-state index in [1.54, 1.807) is 11.0 Å². The molecule has 1 unspecified atom stereocenters. The van der Waals surface area contributed by atoms with Crippen LogP contribution in [0.2, 0.25) is 0 Å². The molecule has 11 nitrogen and oxygen atoms in total. The van der Waals surface area contributed by atoms with Crippen molar-refractivity contribution in [3.63, 3.8) is 0 Å².